The minimum absolute atomic E-state index is 0.00675. The molecule has 0 spiro atoms. The number of carbonyl (C=O) groups is 5. The van der Waals surface area contributed by atoms with Gasteiger partial charge in [-0.15, -0.1) is 0 Å². The maximum absolute atomic E-state index is 12.8. The van der Waals surface area contributed by atoms with Crippen molar-refractivity contribution in [1.82, 2.24) is 0 Å². The first-order valence-corrected chi connectivity index (χ1v) is 15.0. The molecule has 0 aliphatic heterocycles. The number of ketones is 2. The third-order valence-corrected chi connectivity index (χ3v) is 7.48. The number of Topliss-reactive ketones (excluding diaryl/α,β-unsaturated/α-hetero) is 2. The van der Waals surface area contributed by atoms with Crippen LogP contribution < -0.4 is 10.6 Å². The van der Waals surface area contributed by atoms with Crippen molar-refractivity contribution >= 4 is 75.3 Å². The van der Waals surface area contributed by atoms with E-state index in [-0.39, 0.29) is 32.7 Å². The number of aryl methyl sites for hydroxylation is 1. The predicted molar refractivity (Wildman–Crippen MR) is 182 cm³/mol. The van der Waals surface area contributed by atoms with Crippen molar-refractivity contribution < 1.29 is 29.1 Å². The van der Waals surface area contributed by atoms with E-state index >= 15 is 0 Å². The van der Waals surface area contributed by atoms with Crippen LogP contribution in [-0.4, -0.2) is 46.5 Å². The number of carboxylic acid groups (broad SMARTS) is 1. The highest BCUT2D eigenvalue weighted by atomic mass is 35.5. The van der Waals surface area contributed by atoms with Gasteiger partial charge in [-0.2, -0.15) is 20.5 Å². The average Bonchev–Trinajstić information content (AvgIpc) is 3.03. The maximum Gasteiger partial charge on any atom is 0.337 e. The number of para-hydroxylation sites is 2. The lowest BCUT2D eigenvalue weighted by atomic mass is 10.0. The highest BCUT2D eigenvalue weighted by Gasteiger charge is 2.25. The molecule has 0 radical (unpaired) electrons. The van der Waals surface area contributed by atoms with Crippen LogP contribution in [0, 0.1) is 6.92 Å². The lowest BCUT2D eigenvalue weighted by Gasteiger charge is -2.12. The molecule has 0 fully saturated rings. The Labute approximate surface area is 284 Å². The van der Waals surface area contributed by atoms with Crippen LogP contribution in [0.2, 0.25) is 10.0 Å². The normalized spacial score (nSPS) is 12.4. The van der Waals surface area contributed by atoms with Crippen molar-refractivity contribution in [3.05, 3.63) is 106 Å². The number of halogens is 2. The van der Waals surface area contributed by atoms with Gasteiger partial charge in [0.2, 0.25) is 12.1 Å². The van der Waals surface area contributed by atoms with E-state index in [2.05, 4.69) is 31.1 Å². The molecule has 0 aromatic heterocycles. The van der Waals surface area contributed by atoms with Crippen molar-refractivity contribution in [3.63, 3.8) is 0 Å². The molecule has 0 bridgehead atoms. The number of aromatic carboxylic acids is 1. The van der Waals surface area contributed by atoms with Crippen molar-refractivity contribution in [2.24, 2.45) is 20.5 Å². The number of carbonyl (C=O) groups excluding carboxylic acids is 4. The zero-order valence-corrected chi connectivity index (χ0v) is 27.3. The lowest BCUT2D eigenvalue weighted by Crippen LogP contribution is -2.32. The fourth-order valence-electron chi connectivity index (χ4n) is 4.31. The van der Waals surface area contributed by atoms with Gasteiger partial charge in [0.25, 0.3) is 11.8 Å². The van der Waals surface area contributed by atoms with Crippen LogP contribution in [0.4, 0.5) is 22.7 Å². The Kier molecular flexibility index (Phi) is 11.6. The molecule has 0 aliphatic rings. The zero-order chi connectivity index (χ0) is 35.0. The van der Waals surface area contributed by atoms with Crippen LogP contribution >= 0.6 is 23.2 Å². The van der Waals surface area contributed by atoms with Gasteiger partial charge in [0, 0.05) is 5.69 Å². The van der Waals surface area contributed by atoms with E-state index in [9.17, 15) is 29.1 Å². The Hall–Kier alpha value is -5.59. The molecule has 2 amide bonds. The molecule has 4 aromatic carbocycles. The number of hydrogen-bond acceptors (Lipinski definition) is 9. The molecule has 3 N–H and O–H groups in total. The summed E-state index contributed by atoms with van der Waals surface area (Å²) in [5.41, 5.74) is 2.91. The summed E-state index contributed by atoms with van der Waals surface area (Å²) >= 11 is 12.9. The second-order valence-corrected chi connectivity index (χ2v) is 11.2. The van der Waals surface area contributed by atoms with E-state index in [0.717, 1.165) is 12.5 Å². The summed E-state index contributed by atoms with van der Waals surface area (Å²) in [6, 6.07) is 19.6. The third kappa shape index (κ3) is 8.81. The SMILES string of the molecule is CC(=O)C(N=Nc1ccc(-c2ccc(N=NC(C(C)=O)C(=O)Nc3ccccc3C(=O)O)c(Cl)c2)cc1Cl)C(=O)Nc1ccccc1C. The molecule has 244 valence electrons. The molecule has 2 unspecified atom stereocenters. The minimum Gasteiger partial charge on any atom is -0.478 e. The number of nitrogens with zero attached hydrogens (tertiary/aromatic N) is 4. The minimum atomic E-state index is -1.56. The summed E-state index contributed by atoms with van der Waals surface area (Å²) in [6.07, 6.45) is 0. The number of hydrogen-bond donors (Lipinski definition) is 3. The Bertz CT molecular complexity index is 1980. The average molecular weight is 688 g/mol. The Morgan fingerprint density at radius 1 is 0.646 bits per heavy atom. The number of anilines is 2. The van der Waals surface area contributed by atoms with Crippen LogP contribution in [0.3, 0.4) is 0 Å². The van der Waals surface area contributed by atoms with E-state index in [1.807, 2.05) is 19.1 Å². The first-order chi connectivity index (χ1) is 22.8. The maximum atomic E-state index is 12.8. The molecule has 48 heavy (non-hydrogen) atoms. The summed E-state index contributed by atoms with van der Waals surface area (Å²) in [7, 11) is 0. The topological polar surface area (TPSA) is 179 Å². The van der Waals surface area contributed by atoms with E-state index in [1.165, 1.54) is 37.3 Å². The largest absolute Gasteiger partial charge is 0.478 e. The fraction of sp³-hybridized carbons (Fsp3) is 0.147. The quantitative estimate of drug-likeness (QED) is 0.100. The Morgan fingerprint density at radius 2 is 1.08 bits per heavy atom. The molecule has 0 aliphatic carbocycles. The summed E-state index contributed by atoms with van der Waals surface area (Å²) < 4.78 is 0. The molecule has 0 heterocycles. The van der Waals surface area contributed by atoms with Crippen molar-refractivity contribution in [2.45, 2.75) is 32.9 Å². The van der Waals surface area contributed by atoms with Gasteiger partial charge in [-0.05, 0) is 79.9 Å². The number of rotatable bonds is 12. The standard InChI is InChI=1S/C34H28Cl2N6O6/c1-18-8-4-6-10-26(18)37-32(45)30(19(2)43)41-39-28-14-12-21(16-24(28)35)22-13-15-29(25(36)17-22)40-42-31(20(3)44)33(46)38-27-11-7-5-9-23(27)34(47)48/h4-17,30-31H,1-3H3,(H,37,45)(H,38,46)(H,47,48). The van der Waals surface area contributed by atoms with E-state index in [0.29, 0.717) is 16.8 Å². The van der Waals surface area contributed by atoms with Gasteiger partial charge < -0.3 is 15.7 Å². The zero-order valence-electron chi connectivity index (χ0n) is 25.8. The molecule has 4 aromatic rings. The predicted octanol–water partition coefficient (Wildman–Crippen LogP) is 8.03. The second-order valence-electron chi connectivity index (χ2n) is 10.4. The molecule has 12 nitrogen and oxygen atoms in total. The van der Waals surface area contributed by atoms with Gasteiger partial charge in [-0.25, -0.2) is 4.79 Å². The summed E-state index contributed by atoms with van der Waals surface area (Å²) in [5.74, 6) is -3.85. The van der Waals surface area contributed by atoms with Gasteiger partial charge in [0.1, 0.15) is 11.4 Å². The van der Waals surface area contributed by atoms with Crippen LogP contribution in [0.15, 0.2) is 105 Å². The molecule has 4 rings (SSSR count). The monoisotopic (exact) mass is 686 g/mol. The molecule has 2 atom stereocenters. The van der Waals surface area contributed by atoms with Crippen molar-refractivity contribution in [1.29, 1.82) is 0 Å². The van der Waals surface area contributed by atoms with Crippen LogP contribution in [-0.2, 0) is 19.2 Å². The Balaban J connectivity index is 1.48. The van der Waals surface area contributed by atoms with Crippen LogP contribution in [0.25, 0.3) is 11.1 Å². The Morgan fingerprint density at radius 3 is 1.52 bits per heavy atom. The van der Waals surface area contributed by atoms with Gasteiger partial charge in [-0.3, -0.25) is 19.2 Å². The van der Waals surface area contributed by atoms with Crippen molar-refractivity contribution in [3.8, 4) is 11.1 Å². The third-order valence-electron chi connectivity index (χ3n) is 6.88. The summed E-state index contributed by atoms with van der Waals surface area (Å²) in [4.78, 5) is 61.4. The molecule has 0 saturated heterocycles. The number of nitrogens with one attached hydrogen (secondary N) is 2. The van der Waals surface area contributed by atoms with Crippen LogP contribution in [0.5, 0.6) is 0 Å². The lowest BCUT2D eigenvalue weighted by molar-refractivity contribution is -0.127. The second kappa shape index (κ2) is 15.8. The van der Waals surface area contributed by atoms with Crippen LogP contribution in [0.1, 0.15) is 29.8 Å². The smallest absolute Gasteiger partial charge is 0.337 e. The summed E-state index contributed by atoms with van der Waals surface area (Å²) in [6.45, 7) is 4.23. The first kappa shape index (κ1) is 35.3. The highest BCUT2D eigenvalue weighted by molar-refractivity contribution is 6.34. The highest BCUT2D eigenvalue weighted by Crippen LogP contribution is 2.35. The van der Waals surface area contributed by atoms with Gasteiger partial charge in [0.05, 0.1) is 21.3 Å². The van der Waals surface area contributed by atoms with E-state index < -0.39 is 41.4 Å². The first-order valence-electron chi connectivity index (χ1n) is 14.3. The van der Waals surface area contributed by atoms with Gasteiger partial charge in [0.15, 0.2) is 11.6 Å². The number of carboxylic acids is 1. The van der Waals surface area contributed by atoms with Crippen molar-refractivity contribution in [2.75, 3.05) is 10.6 Å². The molecular weight excluding hydrogens is 659 g/mol. The number of azo groups is 2. The number of benzene rings is 4. The van der Waals surface area contributed by atoms with Gasteiger partial charge >= 0.3 is 5.97 Å². The fourth-order valence-corrected chi connectivity index (χ4v) is 4.74. The molecule has 14 heteroatoms. The number of amides is 2. The summed E-state index contributed by atoms with van der Waals surface area (Å²) in [5, 5.41) is 30.7. The van der Waals surface area contributed by atoms with E-state index in [1.54, 1.807) is 42.5 Å². The van der Waals surface area contributed by atoms with E-state index in [4.69, 9.17) is 23.2 Å². The van der Waals surface area contributed by atoms with Gasteiger partial charge in [-0.1, -0.05) is 65.7 Å². The molecule has 0 saturated carbocycles. The molecular formula is C34H28Cl2N6O6.